The molecule has 1 aromatic heterocycles. The van der Waals surface area contributed by atoms with Crippen molar-refractivity contribution < 1.29 is 14.4 Å². The smallest absolute Gasteiger partial charge is 0.242 e. The number of nitrogens with two attached hydrogens (primary N) is 1. The van der Waals surface area contributed by atoms with Gasteiger partial charge in [0.15, 0.2) is 5.82 Å². The molecule has 0 saturated carbocycles. The number of fused-ring (bicyclic) bond motifs is 1. The second-order valence-corrected chi connectivity index (χ2v) is 16.6. The predicted molar refractivity (Wildman–Crippen MR) is 215 cm³/mol. The molecule has 0 radical (unpaired) electrons. The maximum Gasteiger partial charge on any atom is 0.242 e. The molecule has 0 unspecified atom stereocenters. The van der Waals surface area contributed by atoms with Crippen LogP contribution in [0.4, 0.5) is 11.4 Å². The molecule has 0 saturated heterocycles. The standard InChI is InChI=1S/C40H66N10O3/c1-12-14-16-18-24-48(27-31(41)51)33(53)28-49(25-19-17-15-13-2)32(52)26-42-40(8,9)39(6,7)37-45-44-36-34(35(38(3,4)5)46-50(36)37)43-29-20-22-30(23-21-29)47(10)11/h20-23,42H,12-19,24-28H2,1-11H3,(H2,41,51). The highest BCUT2D eigenvalue weighted by molar-refractivity contribution is 6.50. The summed E-state index contributed by atoms with van der Waals surface area (Å²) in [5, 5.41) is 17.8. The Labute approximate surface area is 317 Å². The second-order valence-electron chi connectivity index (χ2n) is 16.6. The van der Waals surface area contributed by atoms with Crippen LogP contribution in [0.5, 0.6) is 0 Å². The lowest BCUT2D eigenvalue weighted by atomic mass is 9.73. The highest BCUT2D eigenvalue weighted by Gasteiger charge is 2.46. The molecular weight excluding hydrogens is 669 g/mol. The van der Waals surface area contributed by atoms with Gasteiger partial charge in [-0.1, -0.05) is 87.0 Å². The normalized spacial score (nSPS) is 13.9. The number of aromatic nitrogens is 3. The van der Waals surface area contributed by atoms with Gasteiger partial charge in [-0.25, -0.2) is 4.99 Å². The summed E-state index contributed by atoms with van der Waals surface area (Å²) in [6.45, 7) is 19.4. The molecule has 3 N–H and O–H groups in total. The van der Waals surface area contributed by atoms with E-state index in [0.29, 0.717) is 30.5 Å². The molecule has 3 amide bonds. The van der Waals surface area contributed by atoms with E-state index in [1.807, 2.05) is 57.1 Å². The van der Waals surface area contributed by atoms with Gasteiger partial charge in [-0.3, -0.25) is 14.4 Å². The Hall–Kier alpha value is -4.13. The molecule has 0 atom stereocenters. The molecule has 1 aliphatic heterocycles. The fourth-order valence-electron chi connectivity index (χ4n) is 6.13. The van der Waals surface area contributed by atoms with E-state index < -0.39 is 16.9 Å². The third kappa shape index (κ3) is 11.4. The molecule has 3 rings (SSSR count). The van der Waals surface area contributed by atoms with Crippen molar-refractivity contribution in [2.45, 2.75) is 125 Å². The van der Waals surface area contributed by atoms with Crippen molar-refractivity contribution in [3.05, 3.63) is 35.9 Å². The van der Waals surface area contributed by atoms with Gasteiger partial charge in [0.25, 0.3) is 0 Å². The largest absolute Gasteiger partial charge is 0.378 e. The second kappa shape index (κ2) is 18.8. The Morgan fingerprint density at radius 2 is 1.36 bits per heavy atom. The summed E-state index contributed by atoms with van der Waals surface area (Å²) in [5.74, 6) is 0.216. The van der Waals surface area contributed by atoms with Crippen LogP contribution in [-0.4, -0.2) is 106 Å². The summed E-state index contributed by atoms with van der Waals surface area (Å²) in [6, 6.07) is 8.04. The number of carbonyl (C=O) groups is 3. The molecule has 0 bridgehead atoms. The zero-order valence-corrected chi connectivity index (χ0v) is 34.4. The number of nitrogens with one attached hydrogen (secondary N) is 1. The van der Waals surface area contributed by atoms with Crippen LogP contribution in [0.1, 0.15) is 125 Å². The average Bonchev–Trinajstić information content (AvgIpc) is 3.67. The quantitative estimate of drug-likeness (QED) is 0.157. The van der Waals surface area contributed by atoms with Gasteiger partial charge in [-0.15, -0.1) is 10.2 Å². The molecule has 1 aliphatic rings. The Morgan fingerprint density at radius 3 is 1.87 bits per heavy atom. The monoisotopic (exact) mass is 735 g/mol. The Kier molecular flexibility index (Phi) is 15.3. The van der Waals surface area contributed by atoms with Crippen molar-refractivity contribution >= 4 is 40.5 Å². The summed E-state index contributed by atoms with van der Waals surface area (Å²) in [6.07, 6.45) is 7.74. The molecule has 13 heteroatoms. The summed E-state index contributed by atoms with van der Waals surface area (Å²) < 4.78 is 1.80. The van der Waals surface area contributed by atoms with Crippen molar-refractivity contribution in [1.29, 1.82) is 0 Å². The van der Waals surface area contributed by atoms with Gasteiger partial charge in [-0.05, 0) is 51.0 Å². The topological polar surface area (TPSA) is 154 Å². The van der Waals surface area contributed by atoms with Gasteiger partial charge in [-0.2, -0.15) is 9.78 Å². The van der Waals surface area contributed by atoms with E-state index in [2.05, 4.69) is 64.0 Å². The molecule has 0 spiro atoms. The van der Waals surface area contributed by atoms with Crippen molar-refractivity contribution in [2.24, 2.45) is 21.2 Å². The molecule has 294 valence electrons. The zero-order valence-electron chi connectivity index (χ0n) is 34.4. The minimum absolute atomic E-state index is 0.0109. The molecule has 13 nitrogen and oxygen atoms in total. The molecule has 1 aromatic carbocycles. The Morgan fingerprint density at radius 1 is 0.792 bits per heavy atom. The molecule has 0 aliphatic carbocycles. The molecule has 0 fully saturated rings. The molecular formula is C40H66N10O3. The van der Waals surface area contributed by atoms with Crippen LogP contribution in [0.2, 0.25) is 0 Å². The third-order valence-corrected chi connectivity index (χ3v) is 10.3. The minimum Gasteiger partial charge on any atom is -0.378 e. The number of carbonyl (C=O) groups excluding carboxylic acids is 3. The number of hydrogen-bond donors (Lipinski definition) is 2. The number of anilines is 1. The number of unbranched alkanes of at least 4 members (excludes halogenated alkanes) is 6. The van der Waals surface area contributed by atoms with Crippen LogP contribution in [0.3, 0.4) is 0 Å². The number of rotatable bonds is 21. The van der Waals surface area contributed by atoms with Crippen molar-refractivity contribution in [1.82, 2.24) is 30.0 Å². The number of primary amides is 1. The Balaban J connectivity index is 1.85. The van der Waals surface area contributed by atoms with Crippen LogP contribution in [0.25, 0.3) is 0 Å². The highest BCUT2D eigenvalue weighted by atomic mass is 16.2. The maximum absolute atomic E-state index is 13.9. The number of benzene rings is 1. The van der Waals surface area contributed by atoms with E-state index in [-0.39, 0.29) is 36.9 Å². The first-order valence-corrected chi connectivity index (χ1v) is 19.3. The van der Waals surface area contributed by atoms with E-state index in [9.17, 15) is 14.4 Å². The number of amides is 3. The van der Waals surface area contributed by atoms with Crippen molar-refractivity contribution in [2.75, 3.05) is 51.7 Å². The van der Waals surface area contributed by atoms with Gasteiger partial charge in [0, 0.05) is 49.2 Å². The third-order valence-electron chi connectivity index (χ3n) is 10.3. The van der Waals surface area contributed by atoms with Gasteiger partial charge < -0.3 is 25.8 Å². The highest BCUT2D eigenvalue weighted by Crippen LogP contribution is 2.37. The minimum atomic E-state index is -0.666. The van der Waals surface area contributed by atoms with Crippen LogP contribution < -0.4 is 16.0 Å². The lowest BCUT2D eigenvalue weighted by Crippen LogP contribution is -2.57. The van der Waals surface area contributed by atoms with Gasteiger partial charge in [0.2, 0.25) is 23.5 Å². The molecule has 2 heterocycles. The van der Waals surface area contributed by atoms with E-state index >= 15 is 0 Å². The summed E-state index contributed by atoms with van der Waals surface area (Å²) >= 11 is 0. The molecule has 53 heavy (non-hydrogen) atoms. The average molecular weight is 735 g/mol. The van der Waals surface area contributed by atoms with Gasteiger partial charge >= 0.3 is 0 Å². The van der Waals surface area contributed by atoms with Crippen LogP contribution in [0.15, 0.2) is 34.4 Å². The fraction of sp³-hybridized carbons (Fsp3) is 0.675. The maximum atomic E-state index is 13.9. The first kappa shape index (κ1) is 43.3. The first-order chi connectivity index (χ1) is 24.8. The summed E-state index contributed by atoms with van der Waals surface area (Å²) in [7, 11) is 4.01. The molecule has 2 aromatic rings. The Bertz CT molecular complexity index is 1600. The van der Waals surface area contributed by atoms with Crippen LogP contribution in [-0.2, 0) is 19.8 Å². The number of hydrogen-bond acceptors (Lipinski definition) is 9. The van der Waals surface area contributed by atoms with Crippen molar-refractivity contribution in [3.63, 3.8) is 0 Å². The fourth-order valence-corrected chi connectivity index (χ4v) is 6.13. The van der Waals surface area contributed by atoms with E-state index in [1.165, 1.54) is 4.90 Å². The lowest BCUT2D eigenvalue weighted by Gasteiger charge is -2.41. The van der Waals surface area contributed by atoms with E-state index in [1.54, 1.807) is 9.58 Å². The zero-order chi connectivity index (χ0) is 39.6. The SMILES string of the molecule is CCCCCCN(CC(N)=O)C(=O)CN(CCCCCC)C(=O)CNC(C)(C)C(C)(C)c1nnc2n1N=C(C(C)(C)C)C2=Nc1ccc(N(C)C)cc1. The summed E-state index contributed by atoms with van der Waals surface area (Å²) in [5.41, 5.74) is 7.25. The van der Waals surface area contributed by atoms with E-state index in [0.717, 1.165) is 68.5 Å². The van der Waals surface area contributed by atoms with Gasteiger partial charge in [0.1, 0.15) is 5.71 Å². The van der Waals surface area contributed by atoms with E-state index in [4.69, 9.17) is 15.8 Å². The van der Waals surface area contributed by atoms with Gasteiger partial charge in [0.05, 0.1) is 31.0 Å². The van der Waals surface area contributed by atoms with Crippen LogP contribution >= 0.6 is 0 Å². The number of nitrogens with zero attached hydrogens (tertiary/aromatic N) is 8. The first-order valence-electron chi connectivity index (χ1n) is 19.3. The number of aliphatic imine (C=N–C) groups is 1. The van der Waals surface area contributed by atoms with Crippen LogP contribution in [0, 0.1) is 5.41 Å². The summed E-state index contributed by atoms with van der Waals surface area (Å²) in [4.78, 5) is 49.4. The van der Waals surface area contributed by atoms with Crippen molar-refractivity contribution in [3.8, 4) is 0 Å². The lowest BCUT2D eigenvalue weighted by molar-refractivity contribution is -0.141. The predicted octanol–water partition coefficient (Wildman–Crippen LogP) is 5.68.